The van der Waals surface area contributed by atoms with Crippen LogP contribution in [-0.4, -0.2) is 40.5 Å². The minimum absolute atomic E-state index is 0.0497. The van der Waals surface area contributed by atoms with Gasteiger partial charge in [0.15, 0.2) is 6.61 Å². The fraction of sp³-hybridized carbons (Fsp3) is 0.182. The van der Waals surface area contributed by atoms with E-state index >= 15 is 0 Å². The largest absolute Gasteiger partial charge is 0.452 e. The Morgan fingerprint density at radius 3 is 2.45 bits per heavy atom. The number of aromatic nitrogens is 2. The summed E-state index contributed by atoms with van der Waals surface area (Å²) >= 11 is 4.54. The van der Waals surface area contributed by atoms with E-state index < -0.39 is 30.3 Å². The minimum Gasteiger partial charge on any atom is -0.452 e. The van der Waals surface area contributed by atoms with Crippen molar-refractivity contribution < 1.29 is 23.9 Å². The molecule has 9 nitrogen and oxygen atoms in total. The normalized spacial score (nSPS) is 12.7. The number of ether oxygens (including phenoxy) is 1. The molecule has 0 aliphatic carbocycles. The molecule has 1 aromatic heterocycles. The number of hydrogen-bond acceptors (Lipinski definition) is 8. The molecule has 0 saturated carbocycles. The monoisotopic (exact) mass is 528 g/mol. The molecule has 33 heavy (non-hydrogen) atoms. The number of benzene rings is 2. The topological polar surface area (TPSA) is 119 Å². The average Bonchev–Trinajstić information content (AvgIpc) is 3.30. The van der Waals surface area contributed by atoms with Crippen molar-refractivity contribution in [3.63, 3.8) is 0 Å². The lowest BCUT2D eigenvalue weighted by Crippen LogP contribution is -2.29. The molecule has 1 aliphatic heterocycles. The van der Waals surface area contributed by atoms with Crippen LogP contribution in [0, 0.1) is 20.8 Å². The molecule has 168 valence electrons. The highest BCUT2D eigenvalue weighted by Crippen LogP contribution is 2.31. The molecule has 0 saturated heterocycles. The molecule has 3 amide bonds. The Morgan fingerprint density at radius 1 is 1.03 bits per heavy atom. The summed E-state index contributed by atoms with van der Waals surface area (Å²) in [7, 11) is 0. The zero-order valence-electron chi connectivity index (χ0n) is 17.8. The summed E-state index contributed by atoms with van der Waals surface area (Å²) < 4.78 is 6.03. The Balaban J connectivity index is 1.44. The van der Waals surface area contributed by atoms with Gasteiger partial charge in [0.2, 0.25) is 5.13 Å². The molecule has 0 spiro atoms. The number of hydrogen-bond donors (Lipinski definition) is 1. The first-order chi connectivity index (χ1) is 15.7. The number of carbonyl (C=O) groups is 4. The van der Waals surface area contributed by atoms with Gasteiger partial charge < -0.3 is 10.1 Å². The van der Waals surface area contributed by atoms with Gasteiger partial charge in [0.05, 0.1) is 16.7 Å². The lowest BCUT2D eigenvalue weighted by Gasteiger charge is -2.11. The molecule has 0 atom stereocenters. The highest BCUT2D eigenvalue weighted by atomic mass is 79.9. The smallest absolute Gasteiger partial charge is 0.338 e. The van der Waals surface area contributed by atoms with Crippen LogP contribution in [0.25, 0.3) is 0 Å². The minimum atomic E-state index is -0.790. The number of anilines is 2. The Bertz CT molecular complexity index is 1340. The van der Waals surface area contributed by atoms with Gasteiger partial charge in [0.25, 0.3) is 17.7 Å². The van der Waals surface area contributed by atoms with Gasteiger partial charge in [-0.25, -0.2) is 9.69 Å². The highest BCUT2D eigenvalue weighted by molar-refractivity contribution is 9.10. The molecule has 2 heterocycles. The number of fused-ring (bicyclic) bond motifs is 1. The van der Waals surface area contributed by atoms with Crippen LogP contribution < -0.4 is 10.2 Å². The average molecular weight is 529 g/mol. The van der Waals surface area contributed by atoms with E-state index in [-0.39, 0.29) is 21.8 Å². The van der Waals surface area contributed by atoms with Crippen LogP contribution in [0.2, 0.25) is 0 Å². The summed E-state index contributed by atoms with van der Waals surface area (Å²) in [4.78, 5) is 51.1. The number of halogens is 1. The second kappa shape index (κ2) is 8.83. The van der Waals surface area contributed by atoms with Crippen molar-refractivity contribution in [1.82, 2.24) is 10.2 Å². The van der Waals surface area contributed by atoms with Gasteiger partial charge in [-0.05, 0) is 62.2 Å². The summed E-state index contributed by atoms with van der Waals surface area (Å²) in [5.74, 6) is -2.43. The number of imide groups is 1. The van der Waals surface area contributed by atoms with Crippen LogP contribution in [0.15, 0.2) is 34.8 Å². The molecule has 0 fully saturated rings. The van der Waals surface area contributed by atoms with Crippen LogP contribution in [0.4, 0.5) is 10.8 Å². The molecule has 0 unspecified atom stereocenters. The Labute approximate surface area is 200 Å². The number of nitrogens with one attached hydrogen (secondary N) is 1. The van der Waals surface area contributed by atoms with E-state index in [2.05, 4.69) is 31.4 Å². The first kappa shape index (κ1) is 22.7. The quantitative estimate of drug-likeness (QED) is 0.394. The standard InChI is InChI=1S/C22H17BrN4O5S/c1-10-7-17(11(2)6-16(10)23)24-18(28)9-32-21(31)13-4-5-14-15(8-13)20(30)27(19(14)29)22-26-25-12(3)33-22/h4-8H,9H2,1-3H3,(H,24,28). The van der Waals surface area contributed by atoms with E-state index in [1.54, 1.807) is 6.92 Å². The third kappa shape index (κ3) is 4.41. The molecule has 11 heteroatoms. The van der Waals surface area contributed by atoms with Crippen molar-refractivity contribution in [1.29, 1.82) is 0 Å². The molecule has 4 rings (SSSR count). The lowest BCUT2D eigenvalue weighted by atomic mass is 10.1. The molecule has 2 aromatic carbocycles. The third-order valence-electron chi connectivity index (χ3n) is 4.94. The maximum atomic E-state index is 12.8. The fourth-order valence-corrected chi connectivity index (χ4v) is 4.38. The maximum absolute atomic E-state index is 12.8. The number of amides is 3. The summed E-state index contributed by atoms with van der Waals surface area (Å²) in [5.41, 5.74) is 2.68. The summed E-state index contributed by atoms with van der Waals surface area (Å²) in [6.45, 7) is 4.95. The van der Waals surface area contributed by atoms with Crippen LogP contribution in [-0.2, 0) is 9.53 Å². The van der Waals surface area contributed by atoms with Crippen molar-refractivity contribution in [3.8, 4) is 0 Å². The van der Waals surface area contributed by atoms with Crippen molar-refractivity contribution in [2.75, 3.05) is 16.8 Å². The maximum Gasteiger partial charge on any atom is 0.338 e. The van der Waals surface area contributed by atoms with E-state index in [1.165, 1.54) is 18.2 Å². The van der Waals surface area contributed by atoms with Crippen molar-refractivity contribution in [3.05, 3.63) is 67.6 Å². The molecular weight excluding hydrogens is 512 g/mol. The van der Waals surface area contributed by atoms with Gasteiger partial charge in [-0.3, -0.25) is 14.4 Å². The van der Waals surface area contributed by atoms with Crippen LogP contribution in [0.1, 0.15) is 47.2 Å². The molecular formula is C22H17BrN4O5S. The van der Waals surface area contributed by atoms with Crippen LogP contribution >= 0.6 is 27.3 Å². The number of nitrogens with zero attached hydrogens (tertiary/aromatic N) is 3. The SMILES string of the molecule is Cc1nnc(N2C(=O)c3ccc(C(=O)OCC(=O)Nc4cc(C)c(Br)cc4C)cc3C2=O)s1. The van der Waals surface area contributed by atoms with Crippen molar-refractivity contribution in [2.24, 2.45) is 0 Å². The fourth-order valence-electron chi connectivity index (χ4n) is 3.23. The van der Waals surface area contributed by atoms with E-state index in [1.807, 2.05) is 26.0 Å². The van der Waals surface area contributed by atoms with Crippen molar-refractivity contribution >= 4 is 61.8 Å². The summed E-state index contributed by atoms with van der Waals surface area (Å²) in [6, 6.07) is 7.74. The van der Waals surface area contributed by atoms with Gasteiger partial charge in [0.1, 0.15) is 5.01 Å². The van der Waals surface area contributed by atoms with Gasteiger partial charge in [-0.2, -0.15) is 0 Å². The molecule has 3 aromatic rings. The van der Waals surface area contributed by atoms with Crippen LogP contribution in [0.5, 0.6) is 0 Å². The first-order valence-corrected chi connectivity index (χ1v) is 11.3. The number of rotatable bonds is 5. The van der Waals surface area contributed by atoms with Gasteiger partial charge in [0, 0.05) is 10.2 Å². The number of aryl methyl sites for hydroxylation is 3. The summed E-state index contributed by atoms with van der Waals surface area (Å²) in [5, 5.41) is 11.2. The van der Waals surface area contributed by atoms with Gasteiger partial charge in [-0.1, -0.05) is 27.3 Å². The second-order valence-electron chi connectivity index (χ2n) is 7.35. The highest BCUT2D eigenvalue weighted by Gasteiger charge is 2.39. The van der Waals surface area contributed by atoms with E-state index in [0.29, 0.717) is 10.7 Å². The van der Waals surface area contributed by atoms with E-state index in [4.69, 9.17) is 4.74 Å². The van der Waals surface area contributed by atoms with Crippen molar-refractivity contribution in [2.45, 2.75) is 20.8 Å². The van der Waals surface area contributed by atoms with Gasteiger partial charge >= 0.3 is 5.97 Å². The molecule has 0 radical (unpaired) electrons. The van der Waals surface area contributed by atoms with Gasteiger partial charge in [-0.15, -0.1) is 10.2 Å². The Kier molecular flexibility index (Phi) is 6.09. The number of carbonyl (C=O) groups excluding carboxylic acids is 4. The zero-order valence-corrected chi connectivity index (χ0v) is 20.2. The lowest BCUT2D eigenvalue weighted by molar-refractivity contribution is -0.119. The summed E-state index contributed by atoms with van der Waals surface area (Å²) in [6.07, 6.45) is 0. The third-order valence-corrected chi connectivity index (χ3v) is 6.62. The predicted octanol–water partition coefficient (Wildman–Crippen LogP) is 3.82. The molecule has 0 bridgehead atoms. The predicted molar refractivity (Wildman–Crippen MR) is 125 cm³/mol. The van der Waals surface area contributed by atoms with E-state index in [9.17, 15) is 19.2 Å². The Hall–Kier alpha value is -3.44. The van der Waals surface area contributed by atoms with E-state index in [0.717, 1.165) is 31.8 Å². The number of esters is 1. The zero-order chi connectivity index (χ0) is 23.9. The Morgan fingerprint density at radius 2 is 1.76 bits per heavy atom. The molecule has 1 aliphatic rings. The molecule has 1 N–H and O–H groups in total. The first-order valence-electron chi connectivity index (χ1n) is 9.72. The second-order valence-corrected chi connectivity index (χ2v) is 9.36. The van der Waals surface area contributed by atoms with Crippen LogP contribution in [0.3, 0.4) is 0 Å².